The van der Waals surface area contributed by atoms with Crippen molar-refractivity contribution < 1.29 is 0 Å². The van der Waals surface area contributed by atoms with Crippen molar-refractivity contribution in [3.8, 4) is 0 Å². The average Bonchev–Trinajstić information content (AvgIpc) is 2.51. The number of likely N-dealkylation sites (N-methyl/N-ethyl adjacent to an activating group) is 1. The Kier molecular flexibility index (Phi) is 4.36. The zero-order chi connectivity index (χ0) is 13.1. The number of nitrogen functional groups attached to an aromatic ring is 1. The molecule has 1 saturated heterocycles. The summed E-state index contributed by atoms with van der Waals surface area (Å²) in [6.45, 7) is 5.35. The lowest BCUT2D eigenvalue weighted by Crippen LogP contribution is -2.38. The highest BCUT2D eigenvalue weighted by molar-refractivity contribution is 9.10. The van der Waals surface area contributed by atoms with Gasteiger partial charge in [0.2, 0.25) is 0 Å². The fourth-order valence-corrected chi connectivity index (χ4v) is 2.90. The number of anilines is 2. The third-order valence-corrected chi connectivity index (χ3v) is 3.96. The second-order valence-electron chi connectivity index (χ2n) is 4.66. The van der Waals surface area contributed by atoms with E-state index in [0.29, 0.717) is 11.9 Å². The number of nitrogens with two attached hydrogens (primary N) is 1. The molecule has 1 aliphatic rings. The minimum absolute atomic E-state index is 0.411. The third kappa shape index (κ3) is 2.73. The molecule has 0 aromatic carbocycles. The second kappa shape index (κ2) is 5.81. The molecule has 0 spiro atoms. The van der Waals surface area contributed by atoms with E-state index in [4.69, 9.17) is 5.84 Å². The molecule has 1 aliphatic heterocycles. The van der Waals surface area contributed by atoms with Gasteiger partial charge in [0.15, 0.2) is 5.82 Å². The number of rotatable bonds is 2. The molecule has 0 amide bonds. The number of hydrogen-bond donors (Lipinski definition) is 2. The van der Waals surface area contributed by atoms with Gasteiger partial charge >= 0.3 is 0 Å². The first kappa shape index (κ1) is 13.5. The van der Waals surface area contributed by atoms with Crippen LogP contribution in [0.3, 0.4) is 0 Å². The Labute approximate surface area is 116 Å². The van der Waals surface area contributed by atoms with Crippen molar-refractivity contribution in [1.29, 1.82) is 0 Å². The first-order chi connectivity index (χ1) is 8.63. The number of hydrogen-bond acceptors (Lipinski definition) is 6. The number of halogens is 1. The van der Waals surface area contributed by atoms with Crippen molar-refractivity contribution in [2.45, 2.75) is 19.4 Å². The highest BCUT2D eigenvalue weighted by Gasteiger charge is 2.23. The van der Waals surface area contributed by atoms with E-state index in [0.717, 1.165) is 36.3 Å². The van der Waals surface area contributed by atoms with E-state index in [1.807, 2.05) is 0 Å². The van der Waals surface area contributed by atoms with Gasteiger partial charge in [0, 0.05) is 19.1 Å². The summed E-state index contributed by atoms with van der Waals surface area (Å²) in [6, 6.07) is 0.411. The first-order valence-electron chi connectivity index (χ1n) is 6.05. The normalized spacial score (nSPS) is 21.8. The summed E-state index contributed by atoms with van der Waals surface area (Å²) in [5.41, 5.74) is 2.58. The first-order valence-corrected chi connectivity index (χ1v) is 6.85. The molecule has 100 valence electrons. The SMILES string of the molecule is CC1CN(C)CCCN1c1ncnc(NN)c1Br. The van der Waals surface area contributed by atoms with Gasteiger partial charge in [-0.1, -0.05) is 0 Å². The number of hydrazine groups is 1. The topological polar surface area (TPSA) is 70.3 Å². The Balaban J connectivity index is 2.29. The molecule has 1 atom stereocenters. The van der Waals surface area contributed by atoms with Gasteiger partial charge in [-0.05, 0) is 42.9 Å². The standard InChI is InChI=1S/C11H19BrN6/c1-8-6-17(2)4-3-5-18(8)11-9(12)10(16-13)14-7-15-11/h7-8H,3-6,13H2,1-2H3,(H,14,15,16). The maximum atomic E-state index is 5.44. The lowest BCUT2D eigenvalue weighted by molar-refractivity contribution is 0.337. The Morgan fingerprint density at radius 1 is 1.44 bits per heavy atom. The number of aromatic nitrogens is 2. The highest BCUT2D eigenvalue weighted by Crippen LogP contribution is 2.30. The smallest absolute Gasteiger partial charge is 0.159 e. The van der Waals surface area contributed by atoms with E-state index in [9.17, 15) is 0 Å². The monoisotopic (exact) mass is 314 g/mol. The summed E-state index contributed by atoms with van der Waals surface area (Å²) in [7, 11) is 2.15. The van der Waals surface area contributed by atoms with Gasteiger partial charge in [0.1, 0.15) is 16.6 Å². The summed E-state index contributed by atoms with van der Waals surface area (Å²) >= 11 is 3.52. The van der Waals surface area contributed by atoms with Crippen molar-refractivity contribution in [2.24, 2.45) is 5.84 Å². The van der Waals surface area contributed by atoms with Crippen molar-refractivity contribution in [3.05, 3.63) is 10.8 Å². The van der Waals surface area contributed by atoms with E-state index in [1.165, 1.54) is 6.33 Å². The fourth-order valence-electron chi connectivity index (χ4n) is 2.35. The molecule has 0 bridgehead atoms. The van der Waals surface area contributed by atoms with Gasteiger partial charge in [-0.25, -0.2) is 15.8 Å². The van der Waals surface area contributed by atoms with Gasteiger partial charge in [0.25, 0.3) is 0 Å². The summed E-state index contributed by atoms with van der Waals surface area (Å²) in [5.74, 6) is 6.96. The molecule has 1 aromatic rings. The maximum absolute atomic E-state index is 5.44. The van der Waals surface area contributed by atoms with Crippen LogP contribution >= 0.6 is 15.9 Å². The van der Waals surface area contributed by atoms with Crippen LogP contribution in [0.15, 0.2) is 10.8 Å². The Bertz CT molecular complexity index is 413. The van der Waals surface area contributed by atoms with Crippen LogP contribution in [0.4, 0.5) is 11.6 Å². The molecular weight excluding hydrogens is 296 g/mol. The minimum atomic E-state index is 0.411. The molecule has 18 heavy (non-hydrogen) atoms. The minimum Gasteiger partial charge on any atom is -0.351 e. The van der Waals surface area contributed by atoms with Crippen LogP contribution in [0, 0.1) is 0 Å². The Morgan fingerprint density at radius 2 is 2.22 bits per heavy atom. The quantitative estimate of drug-likeness (QED) is 0.628. The van der Waals surface area contributed by atoms with Gasteiger partial charge in [-0.2, -0.15) is 0 Å². The molecule has 3 N–H and O–H groups in total. The van der Waals surface area contributed by atoms with Gasteiger partial charge in [0.05, 0.1) is 0 Å². The number of nitrogens with one attached hydrogen (secondary N) is 1. The zero-order valence-electron chi connectivity index (χ0n) is 10.7. The van der Waals surface area contributed by atoms with Crippen molar-refractivity contribution in [2.75, 3.05) is 37.0 Å². The molecule has 0 aliphatic carbocycles. The van der Waals surface area contributed by atoms with E-state index < -0.39 is 0 Å². The molecule has 2 rings (SSSR count). The lowest BCUT2D eigenvalue weighted by atomic mass is 10.2. The molecule has 1 aromatic heterocycles. The summed E-state index contributed by atoms with van der Waals surface area (Å²) in [5, 5.41) is 0. The molecule has 1 fully saturated rings. The average molecular weight is 315 g/mol. The van der Waals surface area contributed by atoms with Crippen molar-refractivity contribution >= 4 is 27.6 Å². The molecule has 7 heteroatoms. The Morgan fingerprint density at radius 3 is 2.94 bits per heavy atom. The van der Waals surface area contributed by atoms with Crippen molar-refractivity contribution in [3.63, 3.8) is 0 Å². The van der Waals surface area contributed by atoms with E-state index in [1.54, 1.807) is 0 Å². The molecule has 6 nitrogen and oxygen atoms in total. The van der Waals surface area contributed by atoms with Crippen LogP contribution in [-0.4, -0.2) is 47.6 Å². The highest BCUT2D eigenvalue weighted by atomic mass is 79.9. The molecular formula is C11H19BrN6. The zero-order valence-corrected chi connectivity index (χ0v) is 12.3. The van der Waals surface area contributed by atoms with E-state index in [2.05, 4.69) is 55.1 Å². The predicted octanol–water partition coefficient (Wildman–Crippen LogP) is 1.06. The predicted molar refractivity (Wildman–Crippen MR) is 76.5 cm³/mol. The van der Waals surface area contributed by atoms with Gasteiger partial charge in [-0.3, -0.25) is 0 Å². The van der Waals surface area contributed by atoms with Gasteiger partial charge in [-0.15, -0.1) is 0 Å². The van der Waals surface area contributed by atoms with Crippen LogP contribution in [0.25, 0.3) is 0 Å². The van der Waals surface area contributed by atoms with Crippen molar-refractivity contribution in [1.82, 2.24) is 14.9 Å². The fraction of sp³-hybridized carbons (Fsp3) is 0.636. The second-order valence-corrected chi connectivity index (χ2v) is 5.46. The molecule has 0 radical (unpaired) electrons. The van der Waals surface area contributed by atoms with E-state index >= 15 is 0 Å². The molecule has 1 unspecified atom stereocenters. The van der Waals surface area contributed by atoms with Crippen LogP contribution in [-0.2, 0) is 0 Å². The van der Waals surface area contributed by atoms with Crippen LogP contribution in [0.5, 0.6) is 0 Å². The summed E-state index contributed by atoms with van der Waals surface area (Å²) < 4.78 is 0.823. The summed E-state index contributed by atoms with van der Waals surface area (Å²) in [4.78, 5) is 13.1. The molecule has 2 heterocycles. The van der Waals surface area contributed by atoms with Crippen LogP contribution < -0.4 is 16.2 Å². The van der Waals surface area contributed by atoms with Crippen LogP contribution in [0.2, 0.25) is 0 Å². The maximum Gasteiger partial charge on any atom is 0.159 e. The largest absolute Gasteiger partial charge is 0.351 e. The van der Waals surface area contributed by atoms with Gasteiger partial charge < -0.3 is 15.2 Å². The lowest BCUT2D eigenvalue weighted by Gasteiger charge is -2.30. The Hall–Kier alpha value is -0.920. The van der Waals surface area contributed by atoms with Crippen LogP contribution in [0.1, 0.15) is 13.3 Å². The van der Waals surface area contributed by atoms with E-state index in [-0.39, 0.29) is 0 Å². The third-order valence-electron chi connectivity index (χ3n) is 3.23. The number of nitrogens with zero attached hydrogens (tertiary/aromatic N) is 4. The summed E-state index contributed by atoms with van der Waals surface area (Å²) in [6.07, 6.45) is 2.67. The molecule has 0 saturated carbocycles.